The molecule has 1 fully saturated rings. The van der Waals surface area contributed by atoms with Crippen molar-refractivity contribution in [1.29, 1.82) is 0 Å². The minimum absolute atomic E-state index is 0. The molecule has 0 saturated carbocycles. The van der Waals surface area contributed by atoms with Crippen LogP contribution < -0.4 is 5.32 Å². The van der Waals surface area contributed by atoms with E-state index in [2.05, 4.69) is 36.0 Å². The molecule has 0 bridgehead atoms. The Balaban J connectivity index is 0.00000441. The molecule has 0 aromatic rings. The van der Waals surface area contributed by atoms with Crippen molar-refractivity contribution in [2.75, 3.05) is 60.0 Å². The number of methoxy groups -OCH3 is 1. The second-order valence-electron chi connectivity index (χ2n) is 6.08. The molecule has 1 N–H and O–H groups in total. The van der Waals surface area contributed by atoms with E-state index in [1.165, 1.54) is 12.8 Å². The van der Waals surface area contributed by atoms with Gasteiger partial charge in [-0.3, -0.25) is 4.99 Å². The van der Waals surface area contributed by atoms with E-state index in [0.29, 0.717) is 0 Å². The monoisotopic (exact) mass is 426 g/mol. The van der Waals surface area contributed by atoms with Crippen LogP contribution in [0, 0.1) is 5.92 Å². The van der Waals surface area contributed by atoms with Crippen LogP contribution in [0.3, 0.4) is 0 Å². The van der Waals surface area contributed by atoms with Crippen LogP contribution in [0.15, 0.2) is 4.99 Å². The summed E-state index contributed by atoms with van der Waals surface area (Å²) in [7, 11) is 3.89. The van der Waals surface area contributed by atoms with E-state index in [0.717, 1.165) is 64.2 Å². The van der Waals surface area contributed by atoms with E-state index in [1.807, 2.05) is 0 Å². The number of likely N-dealkylation sites (N-methyl/N-ethyl adjacent to an activating group) is 1. The molecule has 6 heteroatoms. The lowest BCUT2D eigenvalue weighted by Gasteiger charge is -2.33. The summed E-state index contributed by atoms with van der Waals surface area (Å²) in [5.74, 6) is 1.88. The van der Waals surface area contributed by atoms with Gasteiger partial charge in [0.05, 0.1) is 6.61 Å². The minimum Gasteiger partial charge on any atom is -0.383 e. The predicted molar refractivity (Wildman–Crippen MR) is 105 cm³/mol. The summed E-state index contributed by atoms with van der Waals surface area (Å²) < 4.78 is 5.09. The molecule has 0 aliphatic carbocycles. The number of piperidine rings is 1. The summed E-state index contributed by atoms with van der Waals surface area (Å²) in [6.45, 7) is 11.5. The lowest BCUT2D eigenvalue weighted by atomic mass is 10.0. The highest BCUT2D eigenvalue weighted by Gasteiger charge is 2.18. The van der Waals surface area contributed by atoms with Gasteiger partial charge in [0.15, 0.2) is 5.96 Å². The highest BCUT2D eigenvalue weighted by molar-refractivity contribution is 14.0. The van der Waals surface area contributed by atoms with Crippen LogP contribution in [-0.2, 0) is 4.74 Å². The number of halogens is 1. The second-order valence-corrected chi connectivity index (χ2v) is 6.08. The third-order valence-corrected chi connectivity index (χ3v) is 3.93. The van der Waals surface area contributed by atoms with Gasteiger partial charge in [0, 0.05) is 39.8 Å². The first-order valence-corrected chi connectivity index (χ1v) is 8.38. The highest BCUT2D eigenvalue weighted by atomic mass is 127. The number of nitrogens with zero attached hydrogens (tertiary/aromatic N) is 3. The number of ether oxygens (including phenoxy) is 1. The maximum Gasteiger partial charge on any atom is 0.193 e. The maximum atomic E-state index is 5.09. The number of aliphatic imine (C=N–C) groups is 1. The first kappa shape index (κ1) is 21.9. The molecule has 0 spiro atoms. The molecular weight excluding hydrogens is 391 g/mol. The summed E-state index contributed by atoms with van der Waals surface area (Å²) in [6.07, 6.45) is 3.73. The van der Waals surface area contributed by atoms with Crippen molar-refractivity contribution in [3.8, 4) is 0 Å². The molecule has 1 aliphatic rings. The average molecular weight is 426 g/mol. The number of hydrogen-bond acceptors (Lipinski definition) is 3. The Labute approximate surface area is 153 Å². The molecule has 5 nitrogen and oxygen atoms in total. The van der Waals surface area contributed by atoms with Gasteiger partial charge < -0.3 is 19.9 Å². The molecule has 1 unspecified atom stereocenters. The smallest absolute Gasteiger partial charge is 0.193 e. The second kappa shape index (κ2) is 13.4. The van der Waals surface area contributed by atoms with Crippen molar-refractivity contribution in [2.24, 2.45) is 10.9 Å². The number of rotatable bonds is 8. The van der Waals surface area contributed by atoms with E-state index in [9.17, 15) is 0 Å². The van der Waals surface area contributed by atoms with Gasteiger partial charge in [-0.15, -0.1) is 24.0 Å². The largest absolute Gasteiger partial charge is 0.383 e. The molecule has 132 valence electrons. The molecule has 0 radical (unpaired) electrons. The van der Waals surface area contributed by atoms with Crippen molar-refractivity contribution in [3.63, 3.8) is 0 Å². The van der Waals surface area contributed by atoms with E-state index in [4.69, 9.17) is 9.73 Å². The Morgan fingerprint density at radius 2 is 2.18 bits per heavy atom. The third-order valence-electron chi connectivity index (χ3n) is 3.93. The highest BCUT2D eigenvalue weighted by Crippen LogP contribution is 2.15. The van der Waals surface area contributed by atoms with Crippen molar-refractivity contribution in [1.82, 2.24) is 15.1 Å². The molecule has 1 heterocycles. The first-order chi connectivity index (χ1) is 10.2. The van der Waals surface area contributed by atoms with Crippen LogP contribution in [0.2, 0.25) is 0 Å². The average Bonchev–Trinajstić information content (AvgIpc) is 2.48. The van der Waals surface area contributed by atoms with E-state index in [1.54, 1.807) is 7.11 Å². The third kappa shape index (κ3) is 9.15. The standard InChI is InChI=1S/C16H34N4O.HI/c1-5-17-16(20-11-6-8-15(2)14-20)18-9-7-10-19(3)12-13-21-4;/h15H,5-14H2,1-4H3,(H,17,18);1H. The quantitative estimate of drug-likeness (QED) is 0.280. The molecule has 22 heavy (non-hydrogen) atoms. The minimum atomic E-state index is 0. The van der Waals surface area contributed by atoms with Gasteiger partial charge in [0.1, 0.15) is 0 Å². The molecule has 1 aliphatic heterocycles. The number of hydrogen-bond donors (Lipinski definition) is 1. The molecule has 1 saturated heterocycles. The maximum absolute atomic E-state index is 5.09. The van der Waals surface area contributed by atoms with Gasteiger partial charge in [-0.05, 0) is 45.7 Å². The normalized spacial score (nSPS) is 19.2. The summed E-state index contributed by atoms with van der Waals surface area (Å²) in [4.78, 5) is 9.52. The number of likely N-dealkylation sites (tertiary alicyclic amines) is 1. The van der Waals surface area contributed by atoms with Crippen molar-refractivity contribution in [2.45, 2.75) is 33.1 Å². The lowest BCUT2D eigenvalue weighted by molar-refractivity contribution is 0.161. The fourth-order valence-corrected chi connectivity index (χ4v) is 2.69. The van der Waals surface area contributed by atoms with Crippen molar-refractivity contribution >= 4 is 29.9 Å². The molecular formula is C16H35IN4O. The van der Waals surface area contributed by atoms with Crippen LogP contribution in [0.1, 0.15) is 33.1 Å². The van der Waals surface area contributed by atoms with Gasteiger partial charge in [0.2, 0.25) is 0 Å². The van der Waals surface area contributed by atoms with Gasteiger partial charge >= 0.3 is 0 Å². The summed E-state index contributed by atoms with van der Waals surface area (Å²) in [5, 5.41) is 3.44. The van der Waals surface area contributed by atoms with Gasteiger partial charge in [-0.2, -0.15) is 0 Å². The van der Waals surface area contributed by atoms with Crippen LogP contribution in [0.25, 0.3) is 0 Å². The Bertz CT molecular complexity index is 302. The van der Waals surface area contributed by atoms with E-state index in [-0.39, 0.29) is 24.0 Å². The SMILES string of the molecule is CCNC(=NCCCN(C)CCOC)N1CCCC(C)C1.I. The van der Waals surface area contributed by atoms with Crippen LogP contribution >= 0.6 is 24.0 Å². The van der Waals surface area contributed by atoms with Gasteiger partial charge in [0.25, 0.3) is 0 Å². The number of nitrogens with one attached hydrogen (secondary N) is 1. The zero-order valence-corrected chi connectivity index (χ0v) is 17.1. The summed E-state index contributed by atoms with van der Waals surface area (Å²) in [5.41, 5.74) is 0. The Hall–Kier alpha value is -0.0800. The van der Waals surface area contributed by atoms with Crippen molar-refractivity contribution in [3.05, 3.63) is 0 Å². The molecule has 1 rings (SSSR count). The Kier molecular flexibility index (Phi) is 13.3. The van der Waals surface area contributed by atoms with Crippen LogP contribution in [0.5, 0.6) is 0 Å². The van der Waals surface area contributed by atoms with Gasteiger partial charge in [-0.25, -0.2) is 0 Å². The summed E-state index contributed by atoms with van der Waals surface area (Å²) in [6, 6.07) is 0. The fourth-order valence-electron chi connectivity index (χ4n) is 2.69. The van der Waals surface area contributed by atoms with E-state index < -0.39 is 0 Å². The molecule has 0 amide bonds. The number of guanidine groups is 1. The van der Waals surface area contributed by atoms with Crippen molar-refractivity contribution < 1.29 is 4.74 Å². The topological polar surface area (TPSA) is 40.1 Å². The predicted octanol–water partition coefficient (Wildman–Crippen LogP) is 2.27. The first-order valence-electron chi connectivity index (χ1n) is 8.38. The molecule has 0 aromatic carbocycles. The van der Waals surface area contributed by atoms with Gasteiger partial charge in [-0.1, -0.05) is 6.92 Å². The zero-order valence-electron chi connectivity index (χ0n) is 14.8. The summed E-state index contributed by atoms with van der Waals surface area (Å²) >= 11 is 0. The lowest BCUT2D eigenvalue weighted by Crippen LogP contribution is -2.46. The zero-order chi connectivity index (χ0) is 15.5. The van der Waals surface area contributed by atoms with Crippen LogP contribution in [0.4, 0.5) is 0 Å². The Morgan fingerprint density at radius 1 is 1.41 bits per heavy atom. The molecule has 0 aromatic heterocycles. The van der Waals surface area contributed by atoms with E-state index >= 15 is 0 Å². The molecule has 1 atom stereocenters. The Morgan fingerprint density at radius 3 is 2.82 bits per heavy atom. The van der Waals surface area contributed by atoms with Crippen LogP contribution in [-0.4, -0.2) is 75.8 Å². The fraction of sp³-hybridized carbons (Fsp3) is 0.938.